The molecule has 4 heterocycles. The minimum Gasteiger partial charge on any atom is -0.472 e. The van der Waals surface area contributed by atoms with Gasteiger partial charge in [0.2, 0.25) is 0 Å². The van der Waals surface area contributed by atoms with Gasteiger partial charge in [-0.1, -0.05) is 0 Å². The van der Waals surface area contributed by atoms with E-state index in [1.54, 1.807) is 12.3 Å². The SMILES string of the molecule is O=C(c1ccoc1)N1CCC(NCC2CNc3ccnn3C2)CC1. The molecule has 1 unspecified atom stereocenters. The van der Waals surface area contributed by atoms with E-state index in [0.29, 0.717) is 17.5 Å². The molecule has 2 aromatic rings. The lowest BCUT2D eigenvalue weighted by Gasteiger charge is -2.33. The van der Waals surface area contributed by atoms with Gasteiger partial charge in [-0.15, -0.1) is 0 Å². The van der Waals surface area contributed by atoms with Gasteiger partial charge >= 0.3 is 0 Å². The maximum atomic E-state index is 12.3. The number of fused-ring (bicyclic) bond motifs is 1. The molecule has 2 aromatic heterocycles. The molecule has 0 radical (unpaired) electrons. The van der Waals surface area contributed by atoms with Crippen molar-refractivity contribution in [2.75, 3.05) is 31.5 Å². The molecule has 1 fully saturated rings. The van der Waals surface area contributed by atoms with E-state index >= 15 is 0 Å². The summed E-state index contributed by atoms with van der Waals surface area (Å²) in [4.78, 5) is 14.2. The van der Waals surface area contributed by atoms with E-state index in [1.165, 1.54) is 6.26 Å². The molecule has 1 saturated heterocycles. The van der Waals surface area contributed by atoms with E-state index in [0.717, 1.165) is 51.4 Å². The van der Waals surface area contributed by atoms with Crippen LogP contribution in [0.15, 0.2) is 35.3 Å². The zero-order valence-electron chi connectivity index (χ0n) is 13.6. The van der Waals surface area contributed by atoms with Crippen LogP contribution in [0.5, 0.6) is 0 Å². The van der Waals surface area contributed by atoms with Gasteiger partial charge in [-0.2, -0.15) is 5.10 Å². The third-order valence-corrected chi connectivity index (χ3v) is 4.97. The molecule has 0 aliphatic carbocycles. The number of carbonyl (C=O) groups excluding carboxylic acids is 1. The van der Waals surface area contributed by atoms with Gasteiger partial charge in [0.25, 0.3) is 5.91 Å². The maximum Gasteiger partial charge on any atom is 0.257 e. The molecule has 0 bridgehead atoms. The first kappa shape index (κ1) is 15.3. The Labute approximate surface area is 141 Å². The average molecular weight is 329 g/mol. The van der Waals surface area contributed by atoms with Crippen molar-refractivity contribution in [3.63, 3.8) is 0 Å². The standard InChI is InChI=1S/C17H23N5O2/c23-17(14-4-8-24-12-14)21-6-2-15(3-7-21)18-9-13-10-19-16-1-5-20-22(16)11-13/h1,4-5,8,12-13,15,18-19H,2-3,6-7,9-11H2. The first-order valence-corrected chi connectivity index (χ1v) is 8.60. The number of furan rings is 1. The molecule has 0 spiro atoms. The smallest absolute Gasteiger partial charge is 0.257 e. The Balaban J connectivity index is 1.22. The van der Waals surface area contributed by atoms with E-state index < -0.39 is 0 Å². The number of nitrogens with one attached hydrogen (secondary N) is 2. The van der Waals surface area contributed by atoms with E-state index in [4.69, 9.17) is 4.42 Å². The second-order valence-electron chi connectivity index (χ2n) is 6.63. The second kappa shape index (κ2) is 6.68. The number of piperidine rings is 1. The number of rotatable bonds is 4. The van der Waals surface area contributed by atoms with Crippen LogP contribution in [0.25, 0.3) is 0 Å². The molecular formula is C17H23N5O2. The lowest BCUT2D eigenvalue weighted by atomic mass is 10.0. The van der Waals surface area contributed by atoms with Crippen LogP contribution in [0.2, 0.25) is 0 Å². The number of carbonyl (C=O) groups is 1. The quantitative estimate of drug-likeness (QED) is 0.887. The van der Waals surface area contributed by atoms with Crippen molar-refractivity contribution >= 4 is 11.7 Å². The number of anilines is 1. The van der Waals surface area contributed by atoms with E-state index in [2.05, 4.69) is 15.7 Å². The molecule has 1 atom stereocenters. The summed E-state index contributed by atoms with van der Waals surface area (Å²) >= 11 is 0. The lowest BCUT2D eigenvalue weighted by molar-refractivity contribution is 0.0703. The minimum absolute atomic E-state index is 0.0740. The molecule has 0 saturated carbocycles. The minimum atomic E-state index is 0.0740. The summed E-state index contributed by atoms with van der Waals surface area (Å²) in [5.74, 6) is 1.73. The predicted octanol–water partition coefficient (Wildman–Crippen LogP) is 1.41. The Morgan fingerprint density at radius 3 is 3.04 bits per heavy atom. The summed E-state index contributed by atoms with van der Waals surface area (Å²) in [5, 5.41) is 11.4. The highest BCUT2D eigenvalue weighted by atomic mass is 16.3. The van der Waals surface area contributed by atoms with Crippen molar-refractivity contribution < 1.29 is 9.21 Å². The van der Waals surface area contributed by atoms with Crippen molar-refractivity contribution in [1.82, 2.24) is 20.0 Å². The number of likely N-dealkylation sites (tertiary alicyclic amines) is 1. The third-order valence-electron chi connectivity index (χ3n) is 4.97. The molecular weight excluding hydrogens is 306 g/mol. The summed E-state index contributed by atoms with van der Waals surface area (Å²) in [6, 6.07) is 4.22. The lowest BCUT2D eigenvalue weighted by Crippen LogP contribution is -2.47. The maximum absolute atomic E-state index is 12.3. The number of hydrogen-bond donors (Lipinski definition) is 2. The Morgan fingerprint density at radius 2 is 2.25 bits per heavy atom. The van der Waals surface area contributed by atoms with Crippen molar-refractivity contribution in [3.8, 4) is 0 Å². The molecule has 1 amide bonds. The summed E-state index contributed by atoms with van der Waals surface area (Å²) in [7, 11) is 0. The zero-order chi connectivity index (χ0) is 16.4. The summed E-state index contributed by atoms with van der Waals surface area (Å²) in [6.45, 7) is 4.52. The highest BCUT2D eigenvalue weighted by molar-refractivity contribution is 5.93. The second-order valence-corrected chi connectivity index (χ2v) is 6.63. The van der Waals surface area contributed by atoms with Gasteiger partial charge in [-0.05, 0) is 18.9 Å². The highest BCUT2D eigenvalue weighted by Gasteiger charge is 2.25. The van der Waals surface area contributed by atoms with Crippen LogP contribution in [-0.4, -0.2) is 52.8 Å². The largest absolute Gasteiger partial charge is 0.472 e. The first-order chi connectivity index (χ1) is 11.8. The Kier molecular flexibility index (Phi) is 4.25. The van der Waals surface area contributed by atoms with Crippen LogP contribution < -0.4 is 10.6 Å². The van der Waals surface area contributed by atoms with Gasteiger partial charge in [0, 0.05) is 50.7 Å². The first-order valence-electron chi connectivity index (χ1n) is 8.60. The summed E-state index contributed by atoms with van der Waals surface area (Å²) in [5.41, 5.74) is 0.643. The summed E-state index contributed by atoms with van der Waals surface area (Å²) in [6.07, 6.45) is 6.90. The number of hydrogen-bond acceptors (Lipinski definition) is 5. The van der Waals surface area contributed by atoms with Crippen molar-refractivity contribution in [3.05, 3.63) is 36.4 Å². The fraction of sp³-hybridized carbons (Fsp3) is 0.529. The monoisotopic (exact) mass is 329 g/mol. The zero-order valence-corrected chi connectivity index (χ0v) is 13.6. The number of aromatic nitrogens is 2. The Bertz CT molecular complexity index is 673. The van der Waals surface area contributed by atoms with Crippen LogP contribution in [0, 0.1) is 5.92 Å². The molecule has 2 N–H and O–H groups in total. The van der Waals surface area contributed by atoms with Crippen LogP contribution >= 0.6 is 0 Å². The van der Waals surface area contributed by atoms with Gasteiger partial charge in [-0.3, -0.25) is 4.79 Å². The van der Waals surface area contributed by atoms with Crippen molar-refractivity contribution in [1.29, 1.82) is 0 Å². The topological polar surface area (TPSA) is 75.3 Å². The van der Waals surface area contributed by atoms with Gasteiger partial charge < -0.3 is 20.0 Å². The molecule has 2 aliphatic heterocycles. The molecule has 24 heavy (non-hydrogen) atoms. The fourth-order valence-electron chi connectivity index (χ4n) is 3.51. The Hall–Kier alpha value is -2.28. The molecule has 7 nitrogen and oxygen atoms in total. The molecule has 4 rings (SSSR count). The third kappa shape index (κ3) is 3.17. The highest BCUT2D eigenvalue weighted by Crippen LogP contribution is 2.18. The molecule has 128 valence electrons. The molecule has 7 heteroatoms. The van der Waals surface area contributed by atoms with Crippen LogP contribution in [0.3, 0.4) is 0 Å². The molecule has 0 aromatic carbocycles. The van der Waals surface area contributed by atoms with Crippen molar-refractivity contribution in [2.45, 2.75) is 25.4 Å². The van der Waals surface area contributed by atoms with E-state index in [-0.39, 0.29) is 5.91 Å². The van der Waals surface area contributed by atoms with Crippen LogP contribution in [0.1, 0.15) is 23.2 Å². The summed E-state index contributed by atoms with van der Waals surface area (Å²) < 4.78 is 7.03. The average Bonchev–Trinajstić information content (AvgIpc) is 3.31. The fourth-order valence-corrected chi connectivity index (χ4v) is 3.51. The number of amides is 1. The van der Waals surface area contributed by atoms with E-state index in [9.17, 15) is 4.79 Å². The van der Waals surface area contributed by atoms with Gasteiger partial charge in [-0.25, -0.2) is 4.68 Å². The van der Waals surface area contributed by atoms with Crippen LogP contribution in [0.4, 0.5) is 5.82 Å². The molecule has 2 aliphatic rings. The predicted molar refractivity (Wildman–Crippen MR) is 89.8 cm³/mol. The van der Waals surface area contributed by atoms with Crippen LogP contribution in [-0.2, 0) is 6.54 Å². The Morgan fingerprint density at radius 1 is 1.38 bits per heavy atom. The van der Waals surface area contributed by atoms with E-state index in [1.807, 2.05) is 21.8 Å². The van der Waals surface area contributed by atoms with Gasteiger partial charge in [0.15, 0.2) is 0 Å². The number of nitrogens with zero attached hydrogens (tertiary/aromatic N) is 3. The van der Waals surface area contributed by atoms with Gasteiger partial charge in [0.1, 0.15) is 12.1 Å². The normalized spacial score (nSPS) is 21.3. The van der Waals surface area contributed by atoms with Gasteiger partial charge in [0.05, 0.1) is 18.0 Å². The van der Waals surface area contributed by atoms with Crippen molar-refractivity contribution in [2.24, 2.45) is 5.92 Å².